The van der Waals surface area contributed by atoms with Crippen LogP contribution in [-0.4, -0.2) is 43.7 Å². The summed E-state index contributed by atoms with van der Waals surface area (Å²) in [5.74, 6) is 2.68. The molecule has 0 radical (unpaired) electrons. The van der Waals surface area contributed by atoms with Crippen molar-refractivity contribution in [1.82, 2.24) is 15.6 Å². The van der Waals surface area contributed by atoms with E-state index in [-0.39, 0.29) is 11.9 Å². The zero-order valence-corrected chi connectivity index (χ0v) is 15.3. The first-order valence-electron chi connectivity index (χ1n) is 9.48. The van der Waals surface area contributed by atoms with E-state index in [0.29, 0.717) is 5.82 Å². The Kier molecular flexibility index (Phi) is 6.10. The molecule has 2 fully saturated rings. The molecule has 0 amide bonds. The predicted molar refractivity (Wildman–Crippen MR) is 100 cm³/mol. The highest BCUT2D eigenvalue weighted by Crippen LogP contribution is 2.27. The summed E-state index contributed by atoms with van der Waals surface area (Å²) in [5, 5.41) is 6.96. The largest absolute Gasteiger partial charge is 0.356 e. The molecule has 1 atom stereocenters. The minimum atomic E-state index is -0.253. The second kappa shape index (κ2) is 8.50. The number of guanidine groups is 1. The minimum Gasteiger partial charge on any atom is -0.356 e. The van der Waals surface area contributed by atoms with Crippen molar-refractivity contribution in [3.8, 4) is 0 Å². The van der Waals surface area contributed by atoms with Gasteiger partial charge in [-0.1, -0.05) is 19.8 Å². The first-order valence-corrected chi connectivity index (χ1v) is 9.48. The summed E-state index contributed by atoms with van der Waals surface area (Å²) in [6.07, 6.45) is 7.89. The smallest absolute Gasteiger partial charge is 0.191 e. The van der Waals surface area contributed by atoms with E-state index in [1.165, 1.54) is 31.7 Å². The highest BCUT2D eigenvalue weighted by Gasteiger charge is 2.26. The standard InChI is InChI=1S/C19H30FN5/c1-14-5-7-15(8-6-14)12-23-19(21-2)24-16-9-11-25(13-16)18-17(20)4-3-10-22-18/h3-4,10,14-16H,5-9,11-13H2,1-2H3,(H2,21,23,24). The fourth-order valence-electron chi connectivity index (χ4n) is 3.84. The molecule has 1 saturated heterocycles. The van der Waals surface area contributed by atoms with E-state index in [9.17, 15) is 4.39 Å². The lowest BCUT2D eigenvalue weighted by atomic mass is 9.83. The van der Waals surface area contributed by atoms with Gasteiger partial charge in [-0.05, 0) is 43.2 Å². The van der Waals surface area contributed by atoms with Crippen molar-refractivity contribution in [1.29, 1.82) is 0 Å². The van der Waals surface area contributed by atoms with Crippen molar-refractivity contribution in [2.75, 3.05) is 31.6 Å². The average Bonchev–Trinajstić information content (AvgIpc) is 3.08. The molecule has 3 rings (SSSR count). The molecule has 2 N–H and O–H groups in total. The maximum absolute atomic E-state index is 13.9. The Balaban J connectivity index is 1.46. The van der Waals surface area contributed by atoms with Crippen LogP contribution in [0.1, 0.15) is 39.0 Å². The van der Waals surface area contributed by atoms with E-state index in [2.05, 4.69) is 27.5 Å². The molecule has 2 heterocycles. The Morgan fingerprint density at radius 1 is 1.32 bits per heavy atom. The number of anilines is 1. The fourth-order valence-corrected chi connectivity index (χ4v) is 3.84. The molecule has 25 heavy (non-hydrogen) atoms. The van der Waals surface area contributed by atoms with E-state index >= 15 is 0 Å². The van der Waals surface area contributed by atoms with Gasteiger partial charge in [-0.15, -0.1) is 0 Å². The molecule has 0 aromatic carbocycles. The quantitative estimate of drug-likeness (QED) is 0.650. The van der Waals surface area contributed by atoms with E-state index in [1.807, 2.05) is 11.9 Å². The van der Waals surface area contributed by atoms with Crippen LogP contribution in [0, 0.1) is 17.7 Å². The molecule has 1 aliphatic heterocycles. The van der Waals surface area contributed by atoms with Crippen molar-refractivity contribution in [2.45, 2.75) is 45.1 Å². The third kappa shape index (κ3) is 4.83. The average molecular weight is 347 g/mol. The van der Waals surface area contributed by atoms with Crippen LogP contribution in [0.15, 0.2) is 23.3 Å². The van der Waals surface area contributed by atoms with Crippen LogP contribution in [0.4, 0.5) is 10.2 Å². The SMILES string of the molecule is CN=C(NCC1CCC(C)CC1)NC1CCN(c2ncccc2F)C1. The zero-order valence-electron chi connectivity index (χ0n) is 15.3. The number of hydrogen-bond acceptors (Lipinski definition) is 3. The first kappa shape index (κ1) is 18.0. The monoisotopic (exact) mass is 347 g/mol. The van der Waals surface area contributed by atoms with Crippen LogP contribution in [0.2, 0.25) is 0 Å². The van der Waals surface area contributed by atoms with Crippen LogP contribution < -0.4 is 15.5 Å². The van der Waals surface area contributed by atoms with Gasteiger partial charge in [0.15, 0.2) is 17.6 Å². The van der Waals surface area contributed by atoms with Crippen LogP contribution >= 0.6 is 0 Å². The topological polar surface area (TPSA) is 52.6 Å². The number of hydrogen-bond donors (Lipinski definition) is 2. The van der Waals surface area contributed by atoms with Crippen molar-refractivity contribution < 1.29 is 4.39 Å². The summed E-state index contributed by atoms with van der Waals surface area (Å²) in [6, 6.07) is 3.36. The lowest BCUT2D eigenvalue weighted by Gasteiger charge is -2.27. The number of pyridine rings is 1. The molecule has 1 aromatic heterocycles. The molecule has 1 saturated carbocycles. The number of rotatable bonds is 4. The third-order valence-corrected chi connectivity index (χ3v) is 5.48. The Bertz CT molecular complexity index is 583. The van der Waals surface area contributed by atoms with Gasteiger partial charge in [-0.25, -0.2) is 9.37 Å². The van der Waals surface area contributed by atoms with Gasteiger partial charge >= 0.3 is 0 Å². The van der Waals surface area contributed by atoms with Gasteiger partial charge in [0.2, 0.25) is 0 Å². The van der Waals surface area contributed by atoms with Gasteiger partial charge in [0.05, 0.1) is 0 Å². The van der Waals surface area contributed by atoms with E-state index in [4.69, 9.17) is 0 Å². The Morgan fingerprint density at radius 3 is 2.84 bits per heavy atom. The number of nitrogens with zero attached hydrogens (tertiary/aromatic N) is 3. The van der Waals surface area contributed by atoms with E-state index in [1.54, 1.807) is 12.3 Å². The van der Waals surface area contributed by atoms with Crippen LogP contribution in [0.5, 0.6) is 0 Å². The van der Waals surface area contributed by atoms with Gasteiger partial charge in [0.1, 0.15) is 0 Å². The van der Waals surface area contributed by atoms with E-state index in [0.717, 1.165) is 43.9 Å². The summed E-state index contributed by atoms with van der Waals surface area (Å²) in [5.41, 5.74) is 0. The van der Waals surface area contributed by atoms with Crippen LogP contribution in [0.3, 0.4) is 0 Å². The van der Waals surface area contributed by atoms with Crippen molar-refractivity contribution in [2.24, 2.45) is 16.8 Å². The second-order valence-electron chi connectivity index (χ2n) is 7.46. The maximum atomic E-state index is 13.9. The van der Waals surface area contributed by atoms with Crippen molar-refractivity contribution in [3.63, 3.8) is 0 Å². The summed E-state index contributed by atoms with van der Waals surface area (Å²) < 4.78 is 13.9. The van der Waals surface area contributed by atoms with Crippen molar-refractivity contribution >= 4 is 11.8 Å². The minimum absolute atomic E-state index is 0.253. The number of aromatic nitrogens is 1. The molecule has 0 spiro atoms. The highest BCUT2D eigenvalue weighted by atomic mass is 19.1. The summed E-state index contributed by atoms with van der Waals surface area (Å²) >= 11 is 0. The number of halogens is 1. The lowest BCUT2D eigenvalue weighted by molar-refractivity contribution is 0.289. The molecule has 2 aliphatic rings. The van der Waals surface area contributed by atoms with E-state index < -0.39 is 0 Å². The van der Waals surface area contributed by atoms with Crippen molar-refractivity contribution in [3.05, 3.63) is 24.1 Å². The molecule has 0 bridgehead atoms. The lowest BCUT2D eigenvalue weighted by Crippen LogP contribution is -2.46. The van der Waals surface area contributed by atoms with Crippen LogP contribution in [-0.2, 0) is 0 Å². The molecule has 5 nitrogen and oxygen atoms in total. The highest BCUT2D eigenvalue weighted by molar-refractivity contribution is 5.80. The summed E-state index contributed by atoms with van der Waals surface area (Å²) in [6.45, 7) is 4.89. The fraction of sp³-hybridized carbons (Fsp3) is 0.684. The van der Waals surface area contributed by atoms with Gasteiger partial charge < -0.3 is 15.5 Å². The molecule has 1 aliphatic carbocycles. The first-order chi connectivity index (χ1) is 12.2. The molecule has 138 valence electrons. The summed E-state index contributed by atoms with van der Waals surface area (Å²) in [4.78, 5) is 10.5. The molecular weight excluding hydrogens is 317 g/mol. The maximum Gasteiger partial charge on any atom is 0.191 e. The van der Waals surface area contributed by atoms with Gasteiger partial charge in [0, 0.05) is 38.9 Å². The normalized spacial score (nSPS) is 27.4. The Labute approximate surface area is 150 Å². The summed E-state index contributed by atoms with van der Waals surface area (Å²) in [7, 11) is 1.81. The molecule has 6 heteroatoms. The predicted octanol–water partition coefficient (Wildman–Crippen LogP) is 2.79. The number of aliphatic imine (C=N–C) groups is 1. The Morgan fingerprint density at radius 2 is 2.12 bits per heavy atom. The zero-order chi connectivity index (χ0) is 17.6. The molecular formula is C19H30FN5. The Hall–Kier alpha value is -1.85. The van der Waals surface area contributed by atoms with Gasteiger partial charge in [-0.2, -0.15) is 0 Å². The molecule has 1 aromatic rings. The van der Waals surface area contributed by atoms with Gasteiger partial charge in [-0.3, -0.25) is 4.99 Å². The third-order valence-electron chi connectivity index (χ3n) is 5.48. The van der Waals surface area contributed by atoms with Crippen LogP contribution in [0.25, 0.3) is 0 Å². The number of nitrogens with one attached hydrogen (secondary N) is 2. The van der Waals surface area contributed by atoms with Gasteiger partial charge in [0.25, 0.3) is 0 Å². The molecule has 1 unspecified atom stereocenters. The second-order valence-corrected chi connectivity index (χ2v) is 7.46.